The predicted molar refractivity (Wildman–Crippen MR) is 169 cm³/mol. The number of amides is 2. The van der Waals surface area contributed by atoms with Crippen molar-refractivity contribution in [2.45, 2.75) is 56.3 Å². The van der Waals surface area contributed by atoms with Crippen molar-refractivity contribution in [3.8, 4) is 0 Å². The lowest BCUT2D eigenvalue weighted by Crippen LogP contribution is -2.59. The highest BCUT2D eigenvalue weighted by Gasteiger charge is 2.49. The summed E-state index contributed by atoms with van der Waals surface area (Å²) < 4.78 is 32.3. The molecule has 2 N–H and O–H groups in total. The van der Waals surface area contributed by atoms with Crippen LogP contribution < -0.4 is 10.2 Å². The number of esters is 1. The minimum atomic E-state index is -3.61. The fraction of sp³-hybridized carbons (Fsp3) is 0.344. The molecule has 0 unspecified atom stereocenters. The molecule has 0 radical (unpaired) electrons. The topological polar surface area (TPSA) is 131 Å². The Labute approximate surface area is 272 Å². The minimum Gasteiger partial charge on any atom is -0.465 e. The maximum Gasteiger partial charge on any atom is 0.337 e. The highest BCUT2D eigenvalue weighted by molar-refractivity contribution is 7.88. The van der Waals surface area contributed by atoms with Crippen LogP contribution in [0.15, 0.2) is 66.7 Å². The Hall–Kier alpha value is -3.48. The third-order valence-electron chi connectivity index (χ3n) is 8.15. The largest absolute Gasteiger partial charge is 0.465 e. The summed E-state index contributed by atoms with van der Waals surface area (Å²) >= 11 is 13.0. The summed E-state index contributed by atoms with van der Waals surface area (Å²) in [7, 11) is -2.32. The van der Waals surface area contributed by atoms with E-state index in [2.05, 4.69) is 10.2 Å². The van der Waals surface area contributed by atoms with E-state index >= 15 is 0 Å². The van der Waals surface area contributed by atoms with Crippen molar-refractivity contribution >= 4 is 51.0 Å². The third-order valence-corrected chi connectivity index (χ3v) is 9.45. The number of carbonyl (C=O) groups is 3. The Morgan fingerprint density at radius 2 is 1.73 bits per heavy atom. The molecule has 4 atom stereocenters. The molecule has 2 amide bonds. The number of sulfonamides is 1. The Bertz CT molecular complexity index is 1720. The first-order valence-corrected chi connectivity index (χ1v) is 17.1. The number of carbonyl (C=O) groups excluding carboxylic acids is 3. The van der Waals surface area contributed by atoms with E-state index in [9.17, 15) is 22.8 Å². The molecule has 13 heteroatoms. The van der Waals surface area contributed by atoms with Gasteiger partial charge in [-0.3, -0.25) is 14.4 Å². The average Bonchev–Trinajstić information content (AvgIpc) is 3.00. The van der Waals surface area contributed by atoms with E-state index < -0.39 is 45.9 Å². The number of fused-ring (bicyclic) bond motifs is 1. The van der Waals surface area contributed by atoms with Crippen molar-refractivity contribution in [2.75, 3.05) is 13.4 Å². The summed E-state index contributed by atoms with van der Waals surface area (Å²) in [6, 6.07) is 16.3. The zero-order chi connectivity index (χ0) is 32.3. The zero-order valence-corrected chi connectivity index (χ0v) is 27.0. The van der Waals surface area contributed by atoms with Crippen molar-refractivity contribution in [3.05, 3.63) is 105 Å². The lowest BCUT2D eigenvalue weighted by Gasteiger charge is -2.49. The Morgan fingerprint density at radius 1 is 0.978 bits per heavy atom. The average molecular weight is 675 g/mol. The fourth-order valence-electron chi connectivity index (χ4n) is 6.29. The van der Waals surface area contributed by atoms with Crippen molar-refractivity contribution in [2.24, 2.45) is 0 Å². The summed E-state index contributed by atoms with van der Waals surface area (Å²) in [5.41, 5.74) is 4.79. The molecule has 5 rings (SSSR count). The van der Waals surface area contributed by atoms with Crippen LogP contribution in [0.1, 0.15) is 75.0 Å². The van der Waals surface area contributed by atoms with Crippen LogP contribution >= 0.6 is 23.2 Å². The van der Waals surface area contributed by atoms with Gasteiger partial charge >= 0.3 is 5.97 Å². The fourth-order valence-corrected chi connectivity index (χ4v) is 7.63. The van der Waals surface area contributed by atoms with Gasteiger partial charge in [-0.2, -0.15) is 0 Å². The van der Waals surface area contributed by atoms with Crippen molar-refractivity contribution in [3.63, 3.8) is 0 Å². The molecule has 0 bridgehead atoms. The molecule has 0 aromatic heterocycles. The smallest absolute Gasteiger partial charge is 0.337 e. The van der Waals surface area contributed by atoms with E-state index in [4.69, 9.17) is 32.8 Å². The van der Waals surface area contributed by atoms with Crippen LogP contribution in [0.2, 0.25) is 10.0 Å². The number of ether oxygens (including phenoxy) is 1. The Morgan fingerprint density at radius 3 is 2.47 bits per heavy atom. The first-order valence-electron chi connectivity index (χ1n) is 14.4. The van der Waals surface area contributed by atoms with Gasteiger partial charge in [-0.25, -0.2) is 23.4 Å². The van der Waals surface area contributed by atoms with Crippen LogP contribution in [0.4, 0.5) is 0 Å². The normalized spacial score (nSPS) is 21.6. The van der Waals surface area contributed by atoms with Gasteiger partial charge in [0.05, 0.1) is 37.5 Å². The second-order valence-corrected chi connectivity index (χ2v) is 13.8. The molecule has 1 aliphatic heterocycles. The molecule has 45 heavy (non-hydrogen) atoms. The molecule has 2 aliphatic rings. The molecule has 1 fully saturated rings. The molecule has 10 nitrogen and oxygen atoms in total. The predicted octanol–water partition coefficient (Wildman–Crippen LogP) is 5.17. The molecule has 1 heterocycles. The number of methoxy groups -OCH3 is 1. The van der Waals surface area contributed by atoms with Crippen LogP contribution in [-0.4, -0.2) is 56.6 Å². The van der Waals surface area contributed by atoms with Crippen LogP contribution in [0.3, 0.4) is 0 Å². The van der Waals surface area contributed by atoms with E-state index in [-0.39, 0.29) is 17.5 Å². The quantitative estimate of drug-likeness (QED) is 0.237. The standard InChI is InChI=1S/C32H33Cl2N3O7S/c1-43-32(40)20-9-7-8-19(16-20)18-44-35-30(38)28-22-10-3-4-11-23(22)31(39)37(29(28)24-15-14-21(33)17-25(24)34)27-13-6-5-12-26(27)36-45(2,41)42/h3-4,7-11,14-17,26-29,36H,5-6,12-13,18H2,1-2H3,(H,35,38)/t26-,27-,28+,29-/m1/s1. The van der Waals surface area contributed by atoms with E-state index in [1.807, 2.05) is 0 Å². The monoisotopic (exact) mass is 673 g/mol. The van der Waals surface area contributed by atoms with Gasteiger partial charge < -0.3 is 9.64 Å². The van der Waals surface area contributed by atoms with Gasteiger partial charge in [-0.1, -0.05) is 72.4 Å². The molecule has 0 saturated heterocycles. The number of nitrogens with zero attached hydrogens (tertiary/aromatic N) is 1. The lowest BCUT2D eigenvalue weighted by atomic mass is 9.76. The first kappa shape index (κ1) is 32.9. The molecule has 1 aliphatic carbocycles. The number of nitrogens with one attached hydrogen (secondary N) is 2. The molecular weight excluding hydrogens is 641 g/mol. The summed E-state index contributed by atoms with van der Waals surface area (Å²) in [4.78, 5) is 47.7. The molecule has 3 aromatic rings. The maximum absolute atomic E-state index is 14.3. The number of rotatable bonds is 9. The lowest BCUT2D eigenvalue weighted by molar-refractivity contribution is -0.138. The van der Waals surface area contributed by atoms with E-state index in [0.717, 1.165) is 19.1 Å². The van der Waals surface area contributed by atoms with Gasteiger partial charge in [0, 0.05) is 27.7 Å². The van der Waals surface area contributed by atoms with E-state index in [0.29, 0.717) is 45.7 Å². The molecule has 0 spiro atoms. The van der Waals surface area contributed by atoms with Gasteiger partial charge in [-0.05, 0) is 59.9 Å². The van der Waals surface area contributed by atoms with Crippen LogP contribution in [0.25, 0.3) is 0 Å². The summed E-state index contributed by atoms with van der Waals surface area (Å²) in [6.45, 7) is -0.0526. The Kier molecular flexibility index (Phi) is 10.1. The second kappa shape index (κ2) is 13.9. The van der Waals surface area contributed by atoms with Crippen LogP contribution in [-0.2, 0) is 31.0 Å². The highest BCUT2D eigenvalue weighted by Crippen LogP contribution is 2.47. The molecule has 238 valence electrons. The number of hydroxylamine groups is 1. The summed E-state index contributed by atoms with van der Waals surface area (Å²) in [5, 5.41) is 0.636. The number of hydrogen-bond acceptors (Lipinski definition) is 7. The van der Waals surface area contributed by atoms with Gasteiger partial charge in [-0.15, -0.1) is 0 Å². The second-order valence-electron chi connectivity index (χ2n) is 11.2. The molecule has 3 aromatic carbocycles. The third kappa shape index (κ3) is 7.34. The van der Waals surface area contributed by atoms with Gasteiger partial charge in [0.1, 0.15) is 0 Å². The highest BCUT2D eigenvalue weighted by atomic mass is 35.5. The van der Waals surface area contributed by atoms with E-state index in [1.54, 1.807) is 71.6 Å². The van der Waals surface area contributed by atoms with Gasteiger partial charge in [0.2, 0.25) is 10.0 Å². The number of benzene rings is 3. The van der Waals surface area contributed by atoms with Crippen molar-refractivity contribution < 1.29 is 32.4 Å². The minimum absolute atomic E-state index is 0.0526. The van der Waals surface area contributed by atoms with Crippen molar-refractivity contribution in [1.29, 1.82) is 0 Å². The SMILES string of the molecule is COC(=O)c1cccc(CONC(=O)[C@H]2c3ccccc3C(=O)N([C@@H]3CCCC[C@H]3NS(C)(=O)=O)[C@@H]2c2ccc(Cl)cc2Cl)c1. The summed E-state index contributed by atoms with van der Waals surface area (Å²) in [6.07, 6.45) is 3.68. The molecule has 1 saturated carbocycles. The van der Waals surface area contributed by atoms with Gasteiger partial charge in [0.25, 0.3) is 11.8 Å². The number of halogens is 2. The molecular formula is C32H33Cl2N3O7S. The number of hydrogen-bond donors (Lipinski definition) is 2. The van der Waals surface area contributed by atoms with Crippen molar-refractivity contribution in [1.82, 2.24) is 15.1 Å². The summed E-state index contributed by atoms with van der Waals surface area (Å²) in [5.74, 6) is -2.36. The first-order chi connectivity index (χ1) is 21.5. The maximum atomic E-state index is 14.3. The van der Waals surface area contributed by atoms with E-state index in [1.165, 1.54) is 7.11 Å². The van der Waals surface area contributed by atoms with Gasteiger partial charge in [0.15, 0.2) is 0 Å². The van der Waals surface area contributed by atoms with Crippen LogP contribution in [0.5, 0.6) is 0 Å². The zero-order valence-electron chi connectivity index (χ0n) is 24.7. The van der Waals surface area contributed by atoms with Crippen LogP contribution in [0, 0.1) is 0 Å². The Balaban J connectivity index is 1.55.